The third kappa shape index (κ3) is 5.40. The van der Waals surface area contributed by atoms with E-state index in [1.54, 1.807) is 30.3 Å². The Morgan fingerprint density at radius 2 is 1.67 bits per heavy atom. The molecule has 1 saturated carbocycles. The highest BCUT2D eigenvalue weighted by Gasteiger charge is 2.29. The standard InChI is InChI=1S/C20H20BrN3O3/c1-12-10-16(8-9-17(12)21)23-18(25)11-22-19(26)13-4-6-15(7-5-13)24-20(27)14-2-3-14/h4-10,14H,2-3,11H2,1H3,(H,22,26)(H,23,25)(H,24,27). The predicted octanol–water partition coefficient (Wildman–Crippen LogP) is 3.47. The zero-order chi connectivity index (χ0) is 19.4. The second-order valence-corrected chi connectivity index (χ2v) is 7.39. The van der Waals surface area contributed by atoms with Gasteiger partial charge in [0.15, 0.2) is 0 Å². The van der Waals surface area contributed by atoms with Crippen LogP contribution in [0.1, 0.15) is 28.8 Å². The molecule has 140 valence electrons. The van der Waals surface area contributed by atoms with Crippen LogP contribution in [0.3, 0.4) is 0 Å². The number of carbonyl (C=O) groups excluding carboxylic acids is 3. The van der Waals surface area contributed by atoms with Crippen LogP contribution >= 0.6 is 15.9 Å². The van der Waals surface area contributed by atoms with Crippen molar-refractivity contribution in [2.45, 2.75) is 19.8 Å². The van der Waals surface area contributed by atoms with Crippen molar-refractivity contribution in [3.05, 3.63) is 58.1 Å². The molecule has 3 N–H and O–H groups in total. The molecule has 0 radical (unpaired) electrons. The van der Waals surface area contributed by atoms with Gasteiger partial charge in [0.25, 0.3) is 5.91 Å². The van der Waals surface area contributed by atoms with Gasteiger partial charge >= 0.3 is 0 Å². The lowest BCUT2D eigenvalue weighted by atomic mass is 10.2. The van der Waals surface area contributed by atoms with Crippen LogP contribution in [-0.2, 0) is 9.59 Å². The van der Waals surface area contributed by atoms with Crippen LogP contribution in [0.2, 0.25) is 0 Å². The third-order valence-electron chi connectivity index (χ3n) is 4.21. The van der Waals surface area contributed by atoms with Gasteiger partial charge in [-0.25, -0.2) is 0 Å². The van der Waals surface area contributed by atoms with E-state index < -0.39 is 0 Å². The van der Waals surface area contributed by atoms with Gasteiger partial charge in [-0.3, -0.25) is 14.4 Å². The van der Waals surface area contributed by atoms with Gasteiger partial charge < -0.3 is 16.0 Å². The number of anilines is 2. The Hall–Kier alpha value is -2.67. The van der Waals surface area contributed by atoms with Crippen molar-refractivity contribution < 1.29 is 14.4 Å². The molecule has 3 amide bonds. The molecule has 27 heavy (non-hydrogen) atoms. The predicted molar refractivity (Wildman–Crippen MR) is 108 cm³/mol. The van der Waals surface area contributed by atoms with Gasteiger partial charge in [-0.15, -0.1) is 0 Å². The van der Waals surface area contributed by atoms with E-state index in [0.717, 1.165) is 22.9 Å². The van der Waals surface area contributed by atoms with E-state index in [0.29, 0.717) is 16.9 Å². The highest BCUT2D eigenvalue weighted by Crippen LogP contribution is 2.30. The molecule has 0 aliphatic heterocycles. The summed E-state index contributed by atoms with van der Waals surface area (Å²) in [5.41, 5.74) is 2.76. The zero-order valence-electron chi connectivity index (χ0n) is 14.8. The summed E-state index contributed by atoms with van der Waals surface area (Å²) in [6, 6.07) is 12.1. The third-order valence-corrected chi connectivity index (χ3v) is 5.10. The van der Waals surface area contributed by atoms with Crippen molar-refractivity contribution >= 4 is 45.0 Å². The number of nitrogens with one attached hydrogen (secondary N) is 3. The fourth-order valence-corrected chi connectivity index (χ4v) is 2.73. The molecule has 1 aliphatic rings. The Kier molecular flexibility index (Phi) is 5.91. The van der Waals surface area contributed by atoms with Crippen molar-refractivity contribution in [2.75, 3.05) is 17.2 Å². The van der Waals surface area contributed by atoms with Gasteiger partial charge in [0.1, 0.15) is 0 Å². The maximum atomic E-state index is 12.2. The minimum absolute atomic E-state index is 0.0204. The van der Waals surface area contributed by atoms with Crippen LogP contribution in [0.5, 0.6) is 0 Å². The second-order valence-electron chi connectivity index (χ2n) is 6.54. The Morgan fingerprint density at radius 3 is 2.30 bits per heavy atom. The number of halogens is 1. The van der Waals surface area contributed by atoms with Gasteiger partial charge in [-0.1, -0.05) is 15.9 Å². The molecule has 6 nitrogen and oxygen atoms in total. The lowest BCUT2D eigenvalue weighted by Crippen LogP contribution is -2.32. The summed E-state index contributed by atoms with van der Waals surface area (Å²) in [5.74, 6) is -0.511. The summed E-state index contributed by atoms with van der Waals surface area (Å²) in [7, 11) is 0. The quantitative estimate of drug-likeness (QED) is 0.656. The van der Waals surface area contributed by atoms with E-state index in [1.807, 2.05) is 19.1 Å². The molecule has 1 fully saturated rings. The van der Waals surface area contributed by atoms with Gasteiger partial charge in [0.2, 0.25) is 11.8 Å². The number of benzene rings is 2. The molecular weight excluding hydrogens is 410 g/mol. The van der Waals surface area contributed by atoms with Gasteiger partial charge in [0, 0.05) is 27.3 Å². The molecule has 2 aromatic carbocycles. The molecule has 0 unspecified atom stereocenters. The summed E-state index contributed by atoms with van der Waals surface area (Å²) < 4.78 is 0.963. The minimum atomic E-state index is -0.350. The summed E-state index contributed by atoms with van der Waals surface area (Å²) in [5, 5.41) is 8.15. The second kappa shape index (κ2) is 8.35. The molecule has 0 atom stereocenters. The van der Waals surface area contributed by atoms with E-state index in [1.165, 1.54) is 0 Å². The topological polar surface area (TPSA) is 87.3 Å². The first-order valence-electron chi connectivity index (χ1n) is 8.67. The maximum Gasteiger partial charge on any atom is 0.251 e. The molecule has 7 heteroatoms. The van der Waals surface area contributed by atoms with E-state index in [-0.39, 0.29) is 30.2 Å². The number of amides is 3. The van der Waals surface area contributed by atoms with Crippen LogP contribution in [0.25, 0.3) is 0 Å². The van der Waals surface area contributed by atoms with Crippen LogP contribution in [0.15, 0.2) is 46.9 Å². The Morgan fingerprint density at radius 1 is 1.00 bits per heavy atom. The monoisotopic (exact) mass is 429 g/mol. The molecule has 0 spiro atoms. The van der Waals surface area contributed by atoms with E-state index in [2.05, 4.69) is 31.9 Å². The van der Waals surface area contributed by atoms with Crippen molar-refractivity contribution in [2.24, 2.45) is 5.92 Å². The largest absolute Gasteiger partial charge is 0.343 e. The number of carbonyl (C=O) groups is 3. The number of hydrogen-bond donors (Lipinski definition) is 3. The molecular formula is C20H20BrN3O3. The maximum absolute atomic E-state index is 12.2. The minimum Gasteiger partial charge on any atom is -0.343 e. The molecule has 0 saturated heterocycles. The molecule has 2 aromatic rings. The van der Waals surface area contributed by atoms with Crippen LogP contribution in [-0.4, -0.2) is 24.3 Å². The average molecular weight is 430 g/mol. The SMILES string of the molecule is Cc1cc(NC(=O)CNC(=O)c2ccc(NC(=O)C3CC3)cc2)ccc1Br. The van der Waals surface area contributed by atoms with Crippen LogP contribution < -0.4 is 16.0 Å². The molecule has 3 rings (SSSR count). The number of rotatable bonds is 6. The summed E-state index contributed by atoms with van der Waals surface area (Å²) >= 11 is 3.41. The number of hydrogen-bond acceptors (Lipinski definition) is 3. The lowest BCUT2D eigenvalue weighted by Gasteiger charge is -2.09. The Bertz CT molecular complexity index is 877. The van der Waals surface area contributed by atoms with Crippen LogP contribution in [0, 0.1) is 12.8 Å². The molecule has 0 heterocycles. The normalized spacial score (nSPS) is 13.0. The average Bonchev–Trinajstić information content (AvgIpc) is 3.49. The van der Waals surface area contributed by atoms with Crippen molar-refractivity contribution in [3.8, 4) is 0 Å². The summed E-state index contributed by atoms with van der Waals surface area (Å²) in [4.78, 5) is 35.9. The van der Waals surface area contributed by atoms with Gasteiger partial charge in [-0.05, 0) is 67.8 Å². The van der Waals surface area contributed by atoms with Gasteiger partial charge in [-0.2, -0.15) is 0 Å². The Balaban J connectivity index is 1.48. The summed E-state index contributed by atoms with van der Waals surface area (Å²) in [6.45, 7) is 1.80. The Labute approximate surface area is 165 Å². The molecule has 0 bridgehead atoms. The van der Waals surface area contributed by atoms with Gasteiger partial charge in [0.05, 0.1) is 6.54 Å². The first-order valence-corrected chi connectivity index (χ1v) is 9.47. The van der Waals surface area contributed by atoms with Crippen LogP contribution in [0.4, 0.5) is 11.4 Å². The first-order chi connectivity index (χ1) is 12.9. The first kappa shape index (κ1) is 19.1. The fourth-order valence-electron chi connectivity index (χ4n) is 2.49. The molecule has 1 aliphatic carbocycles. The van der Waals surface area contributed by atoms with E-state index in [9.17, 15) is 14.4 Å². The highest BCUT2D eigenvalue weighted by molar-refractivity contribution is 9.10. The lowest BCUT2D eigenvalue weighted by molar-refractivity contribution is -0.117. The highest BCUT2D eigenvalue weighted by atomic mass is 79.9. The fraction of sp³-hybridized carbons (Fsp3) is 0.250. The van der Waals surface area contributed by atoms with E-state index >= 15 is 0 Å². The molecule has 0 aromatic heterocycles. The smallest absolute Gasteiger partial charge is 0.251 e. The van der Waals surface area contributed by atoms with Crippen molar-refractivity contribution in [1.82, 2.24) is 5.32 Å². The van der Waals surface area contributed by atoms with Crippen molar-refractivity contribution in [1.29, 1.82) is 0 Å². The summed E-state index contributed by atoms with van der Waals surface area (Å²) in [6.07, 6.45) is 1.88. The number of aryl methyl sites for hydroxylation is 1. The van der Waals surface area contributed by atoms with E-state index in [4.69, 9.17) is 0 Å². The zero-order valence-corrected chi connectivity index (χ0v) is 16.4. The van der Waals surface area contributed by atoms with Crippen molar-refractivity contribution in [3.63, 3.8) is 0 Å².